The molecule has 0 rings (SSSR count). The summed E-state index contributed by atoms with van der Waals surface area (Å²) in [5, 5.41) is 0. The van der Waals surface area contributed by atoms with Crippen LogP contribution in [0.25, 0.3) is 0 Å². The molecule has 0 saturated carbocycles. The van der Waals surface area contributed by atoms with Gasteiger partial charge in [-0.05, 0) is 0 Å². The van der Waals surface area contributed by atoms with Gasteiger partial charge in [0.05, 0.1) is 0 Å². The van der Waals surface area contributed by atoms with E-state index >= 15 is 0 Å². The fraction of sp³-hybridized carbons (Fsp3) is 1.00. The van der Waals surface area contributed by atoms with Crippen molar-refractivity contribution >= 4 is 22.0 Å². The van der Waals surface area contributed by atoms with Crippen LogP contribution >= 0.6 is 0 Å². The third-order valence-corrected chi connectivity index (χ3v) is 4.39. The van der Waals surface area contributed by atoms with Gasteiger partial charge < -0.3 is 0 Å². The van der Waals surface area contributed by atoms with Crippen molar-refractivity contribution < 1.29 is 6.15 Å². The van der Waals surface area contributed by atoms with E-state index in [4.69, 9.17) is 29.1 Å². The Labute approximate surface area is 128 Å². The van der Waals surface area contributed by atoms with E-state index in [1.54, 1.807) is 0 Å². The minimum absolute atomic E-state index is 0.106. The van der Waals surface area contributed by atoms with Crippen molar-refractivity contribution in [1.82, 2.24) is 0 Å². The molecule has 0 heterocycles. The first-order valence-electron chi connectivity index (χ1n) is 7.10. The van der Waals surface area contributed by atoms with Gasteiger partial charge in [-0.15, -0.1) is 0 Å². The standard InChI is InChI=1S/2C6H15N2O.Sn/c2*7-4-2-1-3-6(8)5-9;/h2*6H,1-5,7-8H2;/q2*-1;+2/t2*6-;/m00./s1. The van der Waals surface area contributed by atoms with Gasteiger partial charge in [0.2, 0.25) is 0 Å². The first-order chi connectivity index (χ1) is 9.20. The van der Waals surface area contributed by atoms with E-state index in [-0.39, 0.29) is 12.1 Å². The maximum absolute atomic E-state index is 5.91. The molecule has 0 aliphatic heterocycles. The van der Waals surface area contributed by atoms with Crippen molar-refractivity contribution in [2.75, 3.05) is 26.3 Å². The topological polar surface area (TPSA) is 123 Å². The molecule has 6 nitrogen and oxygen atoms in total. The van der Waals surface area contributed by atoms with Crippen LogP contribution in [-0.2, 0) is 6.15 Å². The molecule has 8 N–H and O–H groups in total. The third kappa shape index (κ3) is 14.8. The van der Waals surface area contributed by atoms with E-state index < -0.39 is 22.0 Å². The summed E-state index contributed by atoms with van der Waals surface area (Å²) >= 11 is -1.21. The van der Waals surface area contributed by atoms with E-state index in [1.807, 2.05) is 0 Å². The van der Waals surface area contributed by atoms with Crippen molar-refractivity contribution in [3.63, 3.8) is 0 Å². The average molecular weight is 381 g/mol. The zero-order valence-electron chi connectivity index (χ0n) is 11.9. The number of hydrogen-bond donors (Lipinski definition) is 4. The summed E-state index contributed by atoms with van der Waals surface area (Å²) < 4.78 is 11.0. The van der Waals surface area contributed by atoms with Crippen LogP contribution in [-0.4, -0.2) is 60.4 Å². The number of nitrogens with two attached hydrogens (primary N) is 4. The summed E-state index contributed by atoms with van der Waals surface area (Å²) in [4.78, 5) is 0. The SMILES string of the molecule is NCCCC[C@H](N)C[O][Sn][O]C[C@@H](N)CCCCN. The van der Waals surface area contributed by atoms with Crippen LogP contribution in [0.5, 0.6) is 0 Å². The van der Waals surface area contributed by atoms with Crippen molar-refractivity contribution in [1.29, 1.82) is 0 Å². The Morgan fingerprint density at radius 1 is 0.737 bits per heavy atom. The number of hydrogen-bond acceptors (Lipinski definition) is 6. The van der Waals surface area contributed by atoms with Crippen LogP contribution in [0.15, 0.2) is 0 Å². The maximum atomic E-state index is 5.91. The van der Waals surface area contributed by atoms with Crippen LogP contribution < -0.4 is 22.9 Å². The Morgan fingerprint density at radius 2 is 1.16 bits per heavy atom. The quantitative estimate of drug-likeness (QED) is 0.237. The van der Waals surface area contributed by atoms with Gasteiger partial charge in [0.25, 0.3) is 0 Å². The molecule has 2 atom stereocenters. The van der Waals surface area contributed by atoms with E-state index in [9.17, 15) is 0 Å². The Balaban J connectivity index is 3.24. The van der Waals surface area contributed by atoms with Crippen molar-refractivity contribution in [2.24, 2.45) is 22.9 Å². The second kappa shape index (κ2) is 15.0. The van der Waals surface area contributed by atoms with E-state index in [0.29, 0.717) is 13.2 Å². The molecular weight excluding hydrogens is 351 g/mol. The molecule has 0 unspecified atom stereocenters. The Morgan fingerprint density at radius 3 is 1.53 bits per heavy atom. The molecule has 0 aromatic heterocycles. The second-order valence-corrected chi connectivity index (χ2v) is 6.92. The molecule has 114 valence electrons. The molecule has 0 aromatic carbocycles. The van der Waals surface area contributed by atoms with Crippen molar-refractivity contribution in [3.05, 3.63) is 0 Å². The van der Waals surface area contributed by atoms with Crippen LogP contribution in [0.4, 0.5) is 0 Å². The molecule has 0 fully saturated rings. The zero-order valence-corrected chi connectivity index (χ0v) is 14.7. The average Bonchev–Trinajstić information content (AvgIpc) is 2.39. The molecular formula is C12H30N4O2Sn. The van der Waals surface area contributed by atoms with Crippen molar-refractivity contribution in [3.8, 4) is 0 Å². The Bertz CT molecular complexity index is 171. The van der Waals surface area contributed by atoms with Gasteiger partial charge in [0.1, 0.15) is 0 Å². The normalized spacial score (nSPS) is 14.5. The van der Waals surface area contributed by atoms with Gasteiger partial charge in [0.15, 0.2) is 0 Å². The fourth-order valence-electron chi connectivity index (χ4n) is 1.59. The number of rotatable bonds is 14. The minimum atomic E-state index is -1.21. The number of unbranched alkanes of at least 4 members (excludes halogenated alkanes) is 2. The van der Waals surface area contributed by atoms with Crippen LogP contribution in [0.3, 0.4) is 0 Å². The van der Waals surface area contributed by atoms with Gasteiger partial charge in [-0.3, -0.25) is 0 Å². The predicted octanol–water partition coefficient (Wildman–Crippen LogP) is -0.534. The van der Waals surface area contributed by atoms with Gasteiger partial charge in [-0.1, -0.05) is 0 Å². The first kappa shape index (κ1) is 19.6. The second-order valence-electron chi connectivity index (χ2n) is 4.79. The fourth-order valence-corrected chi connectivity index (χ4v) is 3.44. The molecule has 7 heteroatoms. The van der Waals surface area contributed by atoms with E-state index in [2.05, 4.69) is 0 Å². The van der Waals surface area contributed by atoms with Crippen molar-refractivity contribution in [2.45, 2.75) is 50.6 Å². The summed E-state index contributed by atoms with van der Waals surface area (Å²) in [6.45, 7) is 2.66. The molecule has 0 spiro atoms. The molecule has 0 aliphatic rings. The molecule has 0 aliphatic carbocycles. The summed E-state index contributed by atoms with van der Waals surface area (Å²) in [6, 6.07) is 0.212. The zero-order chi connectivity index (χ0) is 14.3. The van der Waals surface area contributed by atoms with Gasteiger partial charge in [-0.25, -0.2) is 0 Å². The molecule has 2 radical (unpaired) electrons. The van der Waals surface area contributed by atoms with Crippen LogP contribution in [0, 0.1) is 0 Å². The van der Waals surface area contributed by atoms with Gasteiger partial charge in [-0.2, -0.15) is 0 Å². The van der Waals surface area contributed by atoms with Gasteiger partial charge >= 0.3 is 128 Å². The Hall–Kier alpha value is 0.559. The predicted molar refractivity (Wildman–Crippen MR) is 79.4 cm³/mol. The van der Waals surface area contributed by atoms with E-state index in [0.717, 1.165) is 51.6 Å². The summed E-state index contributed by atoms with van der Waals surface area (Å²) in [6.07, 6.45) is 6.13. The molecule has 19 heavy (non-hydrogen) atoms. The summed E-state index contributed by atoms with van der Waals surface area (Å²) in [7, 11) is 0. The van der Waals surface area contributed by atoms with Crippen LogP contribution in [0.1, 0.15) is 38.5 Å². The Kier molecular flexibility index (Phi) is 15.4. The molecule has 0 aromatic rings. The molecule has 0 amide bonds. The molecule has 0 bridgehead atoms. The van der Waals surface area contributed by atoms with E-state index in [1.165, 1.54) is 0 Å². The molecule has 0 saturated heterocycles. The van der Waals surface area contributed by atoms with Gasteiger partial charge in [0, 0.05) is 0 Å². The van der Waals surface area contributed by atoms with Crippen LogP contribution in [0.2, 0.25) is 0 Å². The summed E-state index contributed by atoms with van der Waals surface area (Å²) in [5.74, 6) is 0. The first-order valence-corrected chi connectivity index (χ1v) is 9.43. The summed E-state index contributed by atoms with van der Waals surface area (Å²) in [5.41, 5.74) is 22.7. The third-order valence-electron chi connectivity index (χ3n) is 2.77. The monoisotopic (exact) mass is 382 g/mol.